The number of halogens is 1. The molecule has 4 rings (SSSR count). The lowest BCUT2D eigenvalue weighted by Gasteiger charge is -2.10. The highest BCUT2D eigenvalue weighted by Crippen LogP contribution is 2.39. The van der Waals surface area contributed by atoms with Gasteiger partial charge in [0.2, 0.25) is 6.79 Å². The molecule has 1 aliphatic rings. The molecule has 2 heterocycles. The Kier molecular flexibility index (Phi) is 4.26. The summed E-state index contributed by atoms with van der Waals surface area (Å²) in [6, 6.07) is 14.9. The molecular weight excluding hydrogens is 354 g/mol. The van der Waals surface area contributed by atoms with Gasteiger partial charge in [0.25, 0.3) is 5.91 Å². The summed E-state index contributed by atoms with van der Waals surface area (Å²) in [5.74, 6) is 1.26. The third-order valence-corrected chi connectivity index (χ3v) is 4.29. The third-order valence-electron chi connectivity index (χ3n) is 4.01. The highest BCUT2D eigenvalue weighted by atomic mass is 35.5. The van der Waals surface area contributed by atoms with E-state index in [1.807, 2.05) is 43.3 Å². The Balaban J connectivity index is 1.58. The molecule has 132 valence electrons. The van der Waals surface area contributed by atoms with E-state index < -0.39 is 0 Å². The van der Waals surface area contributed by atoms with E-state index in [1.165, 1.54) is 0 Å². The minimum absolute atomic E-state index is 0.100. The number of anilines is 1. The largest absolute Gasteiger partial charge is 0.454 e. The molecule has 3 aromatic rings. The zero-order valence-corrected chi connectivity index (χ0v) is 14.8. The van der Waals surface area contributed by atoms with Crippen LogP contribution in [0, 0.1) is 6.92 Å². The third kappa shape index (κ3) is 3.23. The molecule has 2 aromatic carbocycles. The number of nitrogens with one attached hydrogen (secondary N) is 1. The number of benzene rings is 2. The van der Waals surface area contributed by atoms with Gasteiger partial charge in [-0.15, -0.1) is 0 Å². The fourth-order valence-electron chi connectivity index (χ4n) is 2.81. The van der Waals surface area contributed by atoms with Crippen LogP contribution in [-0.4, -0.2) is 22.5 Å². The van der Waals surface area contributed by atoms with E-state index in [9.17, 15) is 4.79 Å². The fourth-order valence-corrected chi connectivity index (χ4v) is 3.08. The molecule has 1 aliphatic heterocycles. The monoisotopic (exact) mass is 369 g/mol. The lowest BCUT2D eigenvalue weighted by atomic mass is 10.2. The zero-order chi connectivity index (χ0) is 18.1. The van der Waals surface area contributed by atoms with E-state index in [4.69, 9.17) is 21.1 Å². The maximum absolute atomic E-state index is 12.7. The molecule has 0 radical (unpaired) electrons. The second kappa shape index (κ2) is 6.72. The summed E-state index contributed by atoms with van der Waals surface area (Å²) in [6.45, 7) is 2.55. The predicted molar refractivity (Wildman–Crippen MR) is 98.0 cm³/mol. The summed E-state index contributed by atoms with van der Waals surface area (Å²) in [7, 11) is 0. The standard InChI is InChI=1S/C19H16ClN3O3/c1-12-7-17(23(22-12)10-13-5-3-2-4-6-13)21-19(24)14-8-15(20)18-16(9-14)25-11-26-18/h2-9H,10-11H2,1H3,(H,21,24). The molecule has 0 saturated heterocycles. The van der Waals surface area contributed by atoms with E-state index in [2.05, 4.69) is 10.4 Å². The molecule has 1 aromatic heterocycles. The molecule has 0 aliphatic carbocycles. The second-order valence-corrected chi connectivity index (χ2v) is 6.37. The molecule has 0 unspecified atom stereocenters. The summed E-state index contributed by atoms with van der Waals surface area (Å²) in [4.78, 5) is 12.7. The number of ether oxygens (including phenoxy) is 2. The average molecular weight is 370 g/mol. The summed E-state index contributed by atoms with van der Waals surface area (Å²) < 4.78 is 12.4. The van der Waals surface area contributed by atoms with E-state index >= 15 is 0 Å². The van der Waals surface area contributed by atoms with Crippen molar-refractivity contribution in [3.05, 3.63) is 70.4 Å². The van der Waals surface area contributed by atoms with Crippen molar-refractivity contribution in [3.63, 3.8) is 0 Å². The maximum Gasteiger partial charge on any atom is 0.257 e. The predicted octanol–water partition coefficient (Wildman–Crippen LogP) is 3.87. The van der Waals surface area contributed by atoms with Crippen LogP contribution in [0.25, 0.3) is 0 Å². The van der Waals surface area contributed by atoms with E-state index in [1.54, 1.807) is 16.8 Å². The molecule has 0 saturated carbocycles. The van der Waals surface area contributed by atoms with Gasteiger partial charge in [0.1, 0.15) is 5.82 Å². The summed E-state index contributed by atoms with van der Waals surface area (Å²) in [6.07, 6.45) is 0. The van der Waals surface area contributed by atoms with Crippen LogP contribution in [0.4, 0.5) is 5.82 Å². The van der Waals surface area contributed by atoms with Crippen molar-refractivity contribution in [2.24, 2.45) is 0 Å². The quantitative estimate of drug-likeness (QED) is 0.758. The van der Waals surface area contributed by atoms with Gasteiger partial charge in [-0.05, 0) is 24.6 Å². The van der Waals surface area contributed by atoms with Gasteiger partial charge in [-0.3, -0.25) is 4.79 Å². The van der Waals surface area contributed by atoms with Crippen LogP contribution in [0.1, 0.15) is 21.6 Å². The lowest BCUT2D eigenvalue weighted by Crippen LogP contribution is -2.16. The Morgan fingerprint density at radius 1 is 1.23 bits per heavy atom. The molecule has 0 spiro atoms. The zero-order valence-electron chi connectivity index (χ0n) is 14.0. The molecule has 1 N–H and O–H groups in total. The Morgan fingerprint density at radius 2 is 2.04 bits per heavy atom. The van der Waals surface area contributed by atoms with Gasteiger partial charge in [-0.2, -0.15) is 5.10 Å². The first-order chi connectivity index (χ1) is 12.6. The van der Waals surface area contributed by atoms with Gasteiger partial charge in [-0.25, -0.2) is 4.68 Å². The smallest absolute Gasteiger partial charge is 0.257 e. The Labute approximate surface area is 155 Å². The van der Waals surface area contributed by atoms with Crippen LogP contribution < -0.4 is 14.8 Å². The van der Waals surface area contributed by atoms with Crippen LogP contribution in [0.5, 0.6) is 11.5 Å². The molecule has 1 amide bonds. The van der Waals surface area contributed by atoms with Crippen molar-refractivity contribution in [1.29, 1.82) is 0 Å². The van der Waals surface area contributed by atoms with Crippen molar-refractivity contribution in [2.75, 3.05) is 12.1 Å². The van der Waals surface area contributed by atoms with E-state index in [-0.39, 0.29) is 12.7 Å². The first-order valence-electron chi connectivity index (χ1n) is 8.09. The van der Waals surface area contributed by atoms with Crippen molar-refractivity contribution >= 4 is 23.3 Å². The Hall–Kier alpha value is -2.99. The first-order valence-corrected chi connectivity index (χ1v) is 8.47. The number of carbonyl (C=O) groups is 1. The van der Waals surface area contributed by atoms with Gasteiger partial charge >= 0.3 is 0 Å². The molecular formula is C19H16ClN3O3. The first kappa shape index (κ1) is 16.5. The fraction of sp³-hybridized carbons (Fsp3) is 0.158. The SMILES string of the molecule is Cc1cc(NC(=O)c2cc(Cl)c3c(c2)OCO3)n(Cc2ccccc2)n1. The van der Waals surface area contributed by atoms with Crippen molar-refractivity contribution in [3.8, 4) is 11.5 Å². The van der Waals surface area contributed by atoms with Crippen LogP contribution in [0.2, 0.25) is 5.02 Å². The average Bonchev–Trinajstić information content (AvgIpc) is 3.23. The number of carbonyl (C=O) groups excluding carboxylic acids is 1. The minimum atomic E-state index is -0.292. The number of aromatic nitrogens is 2. The van der Waals surface area contributed by atoms with Crippen LogP contribution in [0.15, 0.2) is 48.5 Å². The number of hydrogen-bond donors (Lipinski definition) is 1. The van der Waals surface area contributed by atoms with E-state index in [0.717, 1.165) is 11.3 Å². The lowest BCUT2D eigenvalue weighted by molar-refractivity contribution is 0.102. The maximum atomic E-state index is 12.7. The second-order valence-electron chi connectivity index (χ2n) is 5.96. The minimum Gasteiger partial charge on any atom is -0.454 e. The van der Waals surface area contributed by atoms with Gasteiger partial charge in [0.05, 0.1) is 17.3 Å². The number of amides is 1. The molecule has 0 bridgehead atoms. The number of nitrogens with zero attached hydrogens (tertiary/aromatic N) is 2. The van der Waals surface area contributed by atoms with Gasteiger partial charge in [-0.1, -0.05) is 41.9 Å². The number of hydrogen-bond acceptors (Lipinski definition) is 4. The Morgan fingerprint density at radius 3 is 2.85 bits per heavy atom. The van der Waals surface area contributed by atoms with Crippen LogP contribution in [-0.2, 0) is 6.54 Å². The molecule has 26 heavy (non-hydrogen) atoms. The molecule has 6 nitrogen and oxygen atoms in total. The van der Waals surface area contributed by atoms with Crippen molar-refractivity contribution in [2.45, 2.75) is 13.5 Å². The van der Waals surface area contributed by atoms with Gasteiger partial charge < -0.3 is 14.8 Å². The van der Waals surface area contributed by atoms with Gasteiger partial charge in [0.15, 0.2) is 11.5 Å². The summed E-state index contributed by atoms with van der Waals surface area (Å²) in [5.41, 5.74) is 2.31. The molecule has 0 fully saturated rings. The van der Waals surface area contributed by atoms with Crippen LogP contribution in [0.3, 0.4) is 0 Å². The highest BCUT2D eigenvalue weighted by molar-refractivity contribution is 6.32. The number of rotatable bonds is 4. The van der Waals surface area contributed by atoms with Crippen molar-refractivity contribution in [1.82, 2.24) is 9.78 Å². The van der Waals surface area contributed by atoms with Crippen LogP contribution >= 0.6 is 11.6 Å². The molecule has 0 atom stereocenters. The van der Waals surface area contributed by atoms with E-state index in [0.29, 0.717) is 34.4 Å². The highest BCUT2D eigenvalue weighted by Gasteiger charge is 2.21. The Bertz CT molecular complexity index is 970. The van der Waals surface area contributed by atoms with Gasteiger partial charge in [0, 0.05) is 11.6 Å². The summed E-state index contributed by atoms with van der Waals surface area (Å²) >= 11 is 6.16. The number of fused-ring (bicyclic) bond motifs is 1. The van der Waals surface area contributed by atoms with Crippen molar-refractivity contribution < 1.29 is 14.3 Å². The summed E-state index contributed by atoms with van der Waals surface area (Å²) in [5, 5.41) is 7.70. The normalized spacial score (nSPS) is 12.2. The number of aryl methyl sites for hydroxylation is 1. The topological polar surface area (TPSA) is 65.4 Å². The molecule has 7 heteroatoms.